The Morgan fingerprint density at radius 1 is 1.30 bits per heavy atom. The van der Waals surface area contributed by atoms with Crippen LogP contribution in [0.25, 0.3) is 0 Å². The molecule has 2 amide bonds. The summed E-state index contributed by atoms with van der Waals surface area (Å²) >= 11 is 0. The van der Waals surface area contributed by atoms with Crippen molar-refractivity contribution in [3.63, 3.8) is 0 Å². The lowest BCUT2D eigenvalue weighted by Crippen LogP contribution is -2.53. The molecular formula is C17H25N3O3. The van der Waals surface area contributed by atoms with Gasteiger partial charge in [0.25, 0.3) is 0 Å². The van der Waals surface area contributed by atoms with Gasteiger partial charge in [-0.2, -0.15) is 0 Å². The molecule has 2 aliphatic rings. The fourth-order valence-electron chi connectivity index (χ4n) is 3.26. The predicted molar refractivity (Wildman–Crippen MR) is 87.3 cm³/mol. The molecule has 0 aromatic heterocycles. The molecule has 1 unspecified atom stereocenters. The third-order valence-corrected chi connectivity index (χ3v) is 4.45. The number of phenols is 1. The Bertz CT molecular complexity index is 532. The quantitative estimate of drug-likeness (QED) is 0.884. The number of nitrogens with one attached hydrogen (secondary N) is 1. The molecular weight excluding hydrogens is 294 g/mol. The first-order valence-corrected chi connectivity index (χ1v) is 8.34. The summed E-state index contributed by atoms with van der Waals surface area (Å²) in [6.07, 6.45) is 2.10. The van der Waals surface area contributed by atoms with E-state index in [1.165, 1.54) is 0 Å². The maximum atomic E-state index is 12.3. The van der Waals surface area contributed by atoms with Gasteiger partial charge in [-0.3, -0.25) is 4.90 Å². The van der Waals surface area contributed by atoms with Crippen molar-refractivity contribution < 1.29 is 14.6 Å². The molecule has 2 N–H and O–H groups in total. The van der Waals surface area contributed by atoms with Crippen LogP contribution in [-0.4, -0.2) is 66.4 Å². The molecule has 1 aromatic carbocycles. The largest absolute Gasteiger partial charge is 0.508 e. The number of likely N-dealkylation sites (tertiary alicyclic amines) is 1. The van der Waals surface area contributed by atoms with Crippen molar-refractivity contribution in [2.75, 3.05) is 39.4 Å². The number of phenolic OH excluding ortho intramolecular Hbond substituents is 1. The monoisotopic (exact) mass is 319 g/mol. The Balaban J connectivity index is 1.50. The predicted octanol–water partition coefficient (Wildman–Crippen LogP) is 1.40. The fraction of sp³-hybridized carbons (Fsp3) is 0.588. The van der Waals surface area contributed by atoms with Gasteiger partial charge in [0, 0.05) is 32.2 Å². The third kappa shape index (κ3) is 4.59. The molecule has 126 valence electrons. The molecule has 1 atom stereocenters. The number of nitrogens with zero attached hydrogens (tertiary/aromatic N) is 2. The topological polar surface area (TPSA) is 65.0 Å². The Morgan fingerprint density at radius 3 is 2.91 bits per heavy atom. The molecule has 6 heteroatoms. The number of urea groups is 1. The van der Waals surface area contributed by atoms with Gasteiger partial charge in [0.15, 0.2) is 0 Å². The summed E-state index contributed by atoms with van der Waals surface area (Å²) in [5.74, 6) is 0.302. The molecule has 2 heterocycles. The van der Waals surface area contributed by atoms with Gasteiger partial charge < -0.3 is 20.1 Å². The zero-order valence-electron chi connectivity index (χ0n) is 13.4. The first-order chi connectivity index (χ1) is 11.2. The molecule has 0 aliphatic carbocycles. The second kappa shape index (κ2) is 7.66. The molecule has 6 nitrogen and oxygen atoms in total. The van der Waals surface area contributed by atoms with Crippen LogP contribution < -0.4 is 5.32 Å². The molecule has 2 saturated heterocycles. The van der Waals surface area contributed by atoms with Crippen LogP contribution in [0.4, 0.5) is 4.79 Å². The van der Waals surface area contributed by atoms with Crippen molar-refractivity contribution >= 4 is 6.03 Å². The van der Waals surface area contributed by atoms with Gasteiger partial charge in [0.2, 0.25) is 0 Å². The van der Waals surface area contributed by atoms with E-state index in [4.69, 9.17) is 4.74 Å². The number of benzene rings is 1. The van der Waals surface area contributed by atoms with E-state index in [-0.39, 0.29) is 12.1 Å². The van der Waals surface area contributed by atoms with E-state index in [1.54, 1.807) is 12.1 Å². The Labute approximate surface area is 137 Å². The standard InChI is InChI=1S/C17H25N3O3/c21-16-5-1-3-14(11-16)12-19-6-2-4-15(13-19)18-17(22)20-7-9-23-10-8-20/h1,3,5,11,15,21H,2,4,6-10,12-13H2,(H,18,22). The summed E-state index contributed by atoms with van der Waals surface area (Å²) < 4.78 is 5.28. The van der Waals surface area contributed by atoms with Crippen LogP contribution in [0.3, 0.4) is 0 Å². The molecule has 2 aliphatic heterocycles. The summed E-state index contributed by atoms with van der Waals surface area (Å²) in [4.78, 5) is 16.5. The highest BCUT2D eigenvalue weighted by molar-refractivity contribution is 5.74. The van der Waals surface area contributed by atoms with Crippen LogP contribution in [0.15, 0.2) is 24.3 Å². The van der Waals surface area contributed by atoms with Crippen LogP contribution in [0.1, 0.15) is 18.4 Å². The van der Waals surface area contributed by atoms with E-state index in [2.05, 4.69) is 10.2 Å². The van der Waals surface area contributed by atoms with E-state index in [0.29, 0.717) is 32.1 Å². The van der Waals surface area contributed by atoms with E-state index >= 15 is 0 Å². The van der Waals surface area contributed by atoms with Gasteiger partial charge in [0.1, 0.15) is 5.75 Å². The smallest absolute Gasteiger partial charge is 0.317 e. The lowest BCUT2D eigenvalue weighted by molar-refractivity contribution is 0.0513. The highest BCUT2D eigenvalue weighted by Gasteiger charge is 2.24. The van der Waals surface area contributed by atoms with Crippen molar-refractivity contribution in [1.82, 2.24) is 15.1 Å². The molecule has 0 saturated carbocycles. The molecule has 0 bridgehead atoms. The van der Waals surface area contributed by atoms with E-state index in [1.807, 2.05) is 17.0 Å². The Morgan fingerprint density at radius 2 is 2.13 bits per heavy atom. The van der Waals surface area contributed by atoms with E-state index in [0.717, 1.165) is 38.0 Å². The SMILES string of the molecule is O=C(NC1CCCN(Cc2cccc(O)c2)C1)N1CCOCC1. The van der Waals surface area contributed by atoms with Crippen LogP contribution in [0.2, 0.25) is 0 Å². The number of aromatic hydroxyl groups is 1. The molecule has 0 spiro atoms. The number of rotatable bonds is 3. The Hall–Kier alpha value is -1.79. The molecule has 0 radical (unpaired) electrons. The van der Waals surface area contributed by atoms with Gasteiger partial charge in [-0.25, -0.2) is 4.79 Å². The van der Waals surface area contributed by atoms with Crippen LogP contribution >= 0.6 is 0 Å². The first-order valence-electron chi connectivity index (χ1n) is 8.34. The van der Waals surface area contributed by atoms with Gasteiger partial charge in [-0.1, -0.05) is 12.1 Å². The van der Waals surface area contributed by atoms with E-state index < -0.39 is 0 Å². The average Bonchev–Trinajstić information content (AvgIpc) is 2.56. The number of carbonyl (C=O) groups is 1. The van der Waals surface area contributed by atoms with Crippen molar-refractivity contribution in [2.45, 2.75) is 25.4 Å². The highest BCUT2D eigenvalue weighted by Crippen LogP contribution is 2.17. The highest BCUT2D eigenvalue weighted by atomic mass is 16.5. The minimum Gasteiger partial charge on any atom is -0.508 e. The van der Waals surface area contributed by atoms with Gasteiger partial charge >= 0.3 is 6.03 Å². The van der Waals surface area contributed by atoms with Crippen LogP contribution in [-0.2, 0) is 11.3 Å². The first kappa shape index (κ1) is 16.1. The van der Waals surface area contributed by atoms with Gasteiger partial charge in [-0.15, -0.1) is 0 Å². The van der Waals surface area contributed by atoms with Crippen molar-refractivity contribution in [2.24, 2.45) is 0 Å². The second-order valence-electron chi connectivity index (χ2n) is 6.29. The van der Waals surface area contributed by atoms with Crippen molar-refractivity contribution in [3.8, 4) is 5.75 Å². The zero-order chi connectivity index (χ0) is 16.1. The summed E-state index contributed by atoms with van der Waals surface area (Å²) in [6, 6.07) is 7.59. The van der Waals surface area contributed by atoms with E-state index in [9.17, 15) is 9.90 Å². The number of morpholine rings is 1. The zero-order valence-corrected chi connectivity index (χ0v) is 13.4. The third-order valence-electron chi connectivity index (χ3n) is 4.45. The van der Waals surface area contributed by atoms with Crippen molar-refractivity contribution in [3.05, 3.63) is 29.8 Å². The average molecular weight is 319 g/mol. The lowest BCUT2D eigenvalue weighted by atomic mass is 10.0. The van der Waals surface area contributed by atoms with Crippen molar-refractivity contribution in [1.29, 1.82) is 0 Å². The Kier molecular flexibility index (Phi) is 5.35. The normalized spacial score (nSPS) is 22.8. The number of amides is 2. The fourth-order valence-corrected chi connectivity index (χ4v) is 3.26. The summed E-state index contributed by atoms with van der Waals surface area (Å²) in [5, 5.41) is 12.7. The van der Waals surface area contributed by atoms with Gasteiger partial charge in [-0.05, 0) is 37.1 Å². The lowest BCUT2D eigenvalue weighted by Gasteiger charge is -2.35. The minimum atomic E-state index is 0.0255. The summed E-state index contributed by atoms with van der Waals surface area (Å²) in [5.41, 5.74) is 1.10. The second-order valence-corrected chi connectivity index (χ2v) is 6.29. The molecule has 1 aromatic rings. The summed E-state index contributed by atoms with van der Waals surface area (Å²) in [6.45, 7) is 5.28. The molecule has 2 fully saturated rings. The minimum absolute atomic E-state index is 0.0255. The van der Waals surface area contributed by atoms with Crippen LogP contribution in [0.5, 0.6) is 5.75 Å². The maximum Gasteiger partial charge on any atom is 0.317 e. The number of ether oxygens (including phenoxy) is 1. The number of carbonyl (C=O) groups excluding carboxylic acids is 1. The maximum absolute atomic E-state index is 12.3. The van der Waals surface area contributed by atoms with Gasteiger partial charge in [0.05, 0.1) is 13.2 Å². The number of hydrogen-bond donors (Lipinski definition) is 2. The van der Waals surface area contributed by atoms with Crippen LogP contribution in [0, 0.1) is 0 Å². The summed E-state index contributed by atoms with van der Waals surface area (Å²) in [7, 11) is 0. The number of piperidine rings is 1. The molecule has 3 rings (SSSR count). The number of hydrogen-bond acceptors (Lipinski definition) is 4. The molecule has 23 heavy (non-hydrogen) atoms.